The van der Waals surface area contributed by atoms with Crippen molar-refractivity contribution in [3.8, 4) is 11.3 Å². The lowest BCUT2D eigenvalue weighted by Crippen LogP contribution is -2.14. The molecule has 0 saturated carbocycles. The van der Waals surface area contributed by atoms with E-state index in [1.807, 2.05) is 50.2 Å². The monoisotopic (exact) mass is 214 g/mol. The van der Waals surface area contributed by atoms with Crippen molar-refractivity contribution in [1.82, 2.24) is 9.97 Å². The van der Waals surface area contributed by atoms with Crippen LogP contribution < -0.4 is 5.69 Å². The Labute approximate surface area is 94.2 Å². The Bertz CT molecular complexity index is 529. The fourth-order valence-corrected chi connectivity index (χ4v) is 1.54. The minimum absolute atomic E-state index is 0.287. The van der Waals surface area contributed by atoms with Gasteiger partial charge in [-0.15, -0.1) is 0 Å². The lowest BCUT2D eigenvalue weighted by Gasteiger charge is -2.06. The Hall–Kier alpha value is -1.90. The van der Waals surface area contributed by atoms with Gasteiger partial charge in [0.15, 0.2) is 0 Å². The van der Waals surface area contributed by atoms with Crippen LogP contribution in [0.15, 0.2) is 41.2 Å². The van der Waals surface area contributed by atoms with E-state index in [0.717, 1.165) is 17.0 Å². The van der Waals surface area contributed by atoms with Crippen molar-refractivity contribution < 1.29 is 0 Å². The molecular weight excluding hydrogens is 200 g/mol. The highest BCUT2D eigenvalue weighted by molar-refractivity contribution is 5.58. The second-order valence-electron chi connectivity index (χ2n) is 4.05. The van der Waals surface area contributed by atoms with Gasteiger partial charge < -0.3 is 4.98 Å². The number of hydrogen-bond donors (Lipinski definition) is 1. The molecule has 3 heteroatoms. The van der Waals surface area contributed by atoms with E-state index >= 15 is 0 Å². The van der Waals surface area contributed by atoms with E-state index in [9.17, 15) is 4.79 Å². The SMILES string of the molecule is CC(C)c1cc(-c2ccccc2)nc(=O)[nH]1. The van der Waals surface area contributed by atoms with E-state index in [4.69, 9.17) is 0 Å². The molecule has 82 valence electrons. The van der Waals surface area contributed by atoms with Gasteiger partial charge in [-0.3, -0.25) is 0 Å². The fourth-order valence-electron chi connectivity index (χ4n) is 1.54. The highest BCUT2D eigenvalue weighted by atomic mass is 16.1. The Morgan fingerprint density at radius 3 is 2.50 bits per heavy atom. The number of H-pyrrole nitrogens is 1. The molecule has 1 aromatic carbocycles. The van der Waals surface area contributed by atoms with Gasteiger partial charge in [-0.05, 0) is 12.0 Å². The largest absolute Gasteiger partial charge is 0.345 e. The number of benzene rings is 1. The molecule has 1 aromatic heterocycles. The van der Waals surface area contributed by atoms with Gasteiger partial charge in [0.1, 0.15) is 0 Å². The molecule has 0 radical (unpaired) electrons. The highest BCUT2D eigenvalue weighted by Crippen LogP contribution is 2.18. The van der Waals surface area contributed by atoms with E-state index in [0.29, 0.717) is 0 Å². The summed E-state index contributed by atoms with van der Waals surface area (Å²) in [6.07, 6.45) is 0. The Kier molecular flexibility index (Phi) is 2.86. The molecule has 0 atom stereocenters. The maximum absolute atomic E-state index is 11.4. The van der Waals surface area contributed by atoms with E-state index < -0.39 is 0 Å². The topological polar surface area (TPSA) is 45.8 Å². The average Bonchev–Trinajstić information content (AvgIpc) is 2.29. The van der Waals surface area contributed by atoms with E-state index in [-0.39, 0.29) is 11.6 Å². The molecule has 0 amide bonds. The molecule has 2 rings (SSSR count). The highest BCUT2D eigenvalue weighted by Gasteiger charge is 2.05. The summed E-state index contributed by atoms with van der Waals surface area (Å²) in [6.45, 7) is 4.08. The zero-order chi connectivity index (χ0) is 11.5. The quantitative estimate of drug-likeness (QED) is 0.835. The lowest BCUT2D eigenvalue weighted by atomic mass is 10.1. The predicted octanol–water partition coefficient (Wildman–Crippen LogP) is 2.56. The molecule has 3 nitrogen and oxygen atoms in total. The summed E-state index contributed by atoms with van der Waals surface area (Å²) in [5, 5.41) is 0. The number of hydrogen-bond acceptors (Lipinski definition) is 2. The number of aromatic amines is 1. The van der Waals surface area contributed by atoms with Crippen molar-refractivity contribution in [2.45, 2.75) is 19.8 Å². The van der Waals surface area contributed by atoms with Crippen LogP contribution in [0.5, 0.6) is 0 Å². The van der Waals surface area contributed by atoms with Crippen molar-refractivity contribution in [1.29, 1.82) is 0 Å². The third-order valence-electron chi connectivity index (χ3n) is 2.46. The molecule has 0 saturated heterocycles. The molecule has 0 spiro atoms. The van der Waals surface area contributed by atoms with Crippen molar-refractivity contribution in [3.63, 3.8) is 0 Å². The van der Waals surface area contributed by atoms with E-state index in [2.05, 4.69) is 9.97 Å². The summed E-state index contributed by atoms with van der Waals surface area (Å²) in [6, 6.07) is 11.7. The molecule has 2 aromatic rings. The normalized spacial score (nSPS) is 10.7. The Morgan fingerprint density at radius 2 is 1.88 bits per heavy atom. The van der Waals surface area contributed by atoms with Crippen molar-refractivity contribution in [3.05, 3.63) is 52.6 Å². The summed E-state index contributed by atoms with van der Waals surface area (Å²) in [4.78, 5) is 18.1. The first-order valence-corrected chi connectivity index (χ1v) is 5.33. The van der Waals surface area contributed by atoms with Gasteiger partial charge in [0, 0.05) is 11.3 Å². The number of rotatable bonds is 2. The summed E-state index contributed by atoms with van der Waals surface area (Å²) < 4.78 is 0. The number of nitrogens with zero attached hydrogens (tertiary/aromatic N) is 1. The minimum atomic E-state index is -0.287. The van der Waals surface area contributed by atoms with Crippen LogP contribution in [-0.4, -0.2) is 9.97 Å². The van der Waals surface area contributed by atoms with Gasteiger partial charge in [0.25, 0.3) is 0 Å². The molecule has 16 heavy (non-hydrogen) atoms. The first-order chi connectivity index (χ1) is 7.66. The van der Waals surface area contributed by atoms with Crippen LogP contribution in [0.3, 0.4) is 0 Å². The van der Waals surface area contributed by atoms with Crippen LogP contribution in [0.1, 0.15) is 25.5 Å². The maximum atomic E-state index is 11.4. The van der Waals surface area contributed by atoms with E-state index in [1.54, 1.807) is 0 Å². The Balaban J connectivity index is 2.54. The molecule has 0 unspecified atom stereocenters. The summed E-state index contributed by atoms with van der Waals surface area (Å²) >= 11 is 0. The molecule has 0 fully saturated rings. The minimum Gasteiger partial charge on any atom is -0.310 e. The second-order valence-corrected chi connectivity index (χ2v) is 4.05. The first-order valence-electron chi connectivity index (χ1n) is 5.33. The van der Waals surface area contributed by atoms with Crippen LogP contribution >= 0.6 is 0 Å². The van der Waals surface area contributed by atoms with Crippen LogP contribution in [0.2, 0.25) is 0 Å². The number of aromatic nitrogens is 2. The third kappa shape index (κ3) is 2.19. The van der Waals surface area contributed by atoms with Gasteiger partial charge >= 0.3 is 5.69 Å². The van der Waals surface area contributed by atoms with Crippen molar-refractivity contribution >= 4 is 0 Å². The van der Waals surface area contributed by atoms with Crippen molar-refractivity contribution in [2.24, 2.45) is 0 Å². The maximum Gasteiger partial charge on any atom is 0.345 e. The molecule has 1 N–H and O–H groups in total. The van der Waals surface area contributed by atoms with Gasteiger partial charge in [0.2, 0.25) is 0 Å². The second kappa shape index (κ2) is 4.31. The molecule has 0 bridgehead atoms. The third-order valence-corrected chi connectivity index (χ3v) is 2.46. The Morgan fingerprint density at radius 1 is 1.19 bits per heavy atom. The molecule has 0 aliphatic heterocycles. The molecule has 0 aliphatic rings. The smallest absolute Gasteiger partial charge is 0.310 e. The first kappa shape index (κ1) is 10.6. The molecule has 1 heterocycles. The number of nitrogens with one attached hydrogen (secondary N) is 1. The van der Waals surface area contributed by atoms with Crippen LogP contribution in [0, 0.1) is 0 Å². The van der Waals surface area contributed by atoms with Crippen LogP contribution in [0.25, 0.3) is 11.3 Å². The van der Waals surface area contributed by atoms with E-state index in [1.165, 1.54) is 0 Å². The van der Waals surface area contributed by atoms with Crippen LogP contribution in [-0.2, 0) is 0 Å². The lowest BCUT2D eigenvalue weighted by molar-refractivity contribution is 0.803. The van der Waals surface area contributed by atoms with Gasteiger partial charge in [-0.1, -0.05) is 44.2 Å². The zero-order valence-corrected chi connectivity index (χ0v) is 9.40. The predicted molar refractivity (Wildman–Crippen MR) is 64.4 cm³/mol. The van der Waals surface area contributed by atoms with Gasteiger partial charge in [-0.25, -0.2) is 4.79 Å². The van der Waals surface area contributed by atoms with Crippen LogP contribution in [0.4, 0.5) is 0 Å². The fraction of sp³-hybridized carbons (Fsp3) is 0.231. The van der Waals surface area contributed by atoms with Gasteiger partial charge in [0.05, 0.1) is 5.69 Å². The standard InChI is InChI=1S/C13H14N2O/c1-9(2)11-8-12(15-13(16)14-11)10-6-4-3-5-7-10/h3-9H,1-2H3,(H,14,15,16). The molecular formula is C13H14N2O. The molecule has 0 aliphatic carbocycles. The zero-order valence-electron chi connectivity index (χ0n) is 9.40. The summed E-state index contributed by atoms with van der Waals surface area (Å²) in [5.41, 5.74) is 2.33. The summed E-state index contributed by atoms with van der Waals surface area (Å²) in [7, 11) is 0. The van der Waals surface area contributed by atoms with Gasteiger partial charge in [-0.2, -0.15) is 4.98 Å². The summed E-state index contributed by atoms with van der Waals surface area (Å²) in [5.74, 6) is 0.290. The van der Waals surface area contributed by atoms with Crippen molar-refractivity contribution in [2.75, 3.05) is 0 Å². The average molecular weight is 214 g/mol.